The molecule has 3 heteroatoms. The van der Waals surface area contributed by atoms with Crippen LogP contribution in [-0.4, -0.2) is 11.6 Å². The number of esters is 1. The Morgan fingerprint density at radius 1 is 1.29 bits per heavy atom. The van der Waals surface area contributed by atoms with Gasteiger partial charge in [-0.3, -0.25) is 0 Å². The molecule has 0 aliphatic carbocycles. The zero-order valence-electron chi connectivity index (χ0n) is 10.6. The molecule has 0 heterocycles. The highest BCUT2D eigenvalue weighted by molar-refractivity contribution is 5.87. The number of ether oxygens (including phenoxy) is 1. The summed E-state index contributed by atoms with van der Waals surface area (Å²) in [5.41, 5.74) is 0.946. The van der Waals surface area contributed by atoms with E-state index in [1.807, 2.05) is 0 Å². The predicted octanol–water partition coefficient (Wildman–Crippen LogP) is 3.49. The smallest absolute Gasteiger partial charge is 0.331 e. The molecule has 0 amide bonds. The van der Waals surface area contributed by atoms with Crippen LogP contribution in [0.5, 0.6) is 0 Å². The second kappa shape index (κ2) is 5.13. The molecule has 1 aromatic carbocycles. The quantitative estimate of drug-likeness (QED) is 0.580. The Labute approximate surface area is 101 Å². The molecule has 0 N–H and O–H groups in total. The summed E-state index contributed by atoms with van der Waals surface area (Å²) in [6, 6.07) is 4.60. The van der Waals surface area contributed by atoms with Gasteiger partial charge in [-0.05, 0) is 57.0 Å². The van der Waals surface area contributed by atoms with E-state index in [9.17, 15) is 9.18 Å². The van der Waals surface area contributed by atoms with Gasteiger partial charge in [0.25, 0.3) is 0 Å². The lowest BCUT2D eigenvalue weighted by Gasteiger charge is -2.17. The van der Waals surface area contributed by atoms with Crippen LogP contribution in [0, 0.1) is 12.7 Å². The van der Waals surface area contributed by atoms with Crippen LogP contribution in [0.2, 0.25) is 0 Å². The summed E-state index contributed by atoms with van der Waals surface area (Å²) in [6.07, 6.45) is 2.85. The van der Waals surface area contributed by atoms with Gasteiger partial charge in [0.2, 0.25) is 0 Å². The monoisotopic (exact) mass is 236 g/mol. The van der Waals surface area contributed by atoms with Crippen LogP contribution in [0.25, 0.3) is 6.08 Å². The Balaban J connectivity index is 2.74. The van der Waals surface area contributed by atoms with Gasteiger partial charge in [-0.15, -0.1) is 0 Å². The molecule has 0 unspecified atom stereocenters. The van der Waals surface area contributed by atoms with Gasteiger partial charge in [-0.25, -0.2) is 9.18 Å². The molecule has 92 valence electrons. The van der Waals surface area contributed by atoms with E-state index in [4.69, 9.17) is 4.74 Å². The maximum atomic E-state index is 13.1. The average Bonchev–Trinajstić information content (AvgIpc) is 2.10. The summed E-state index contributed by atoms with van der Waals surface area (Å²) in [5.74, 6) is -0.742. The van der Waals surface area contributed by atoms with Gasteiger partial charge in [0.1, 0.15) is 11.4 Å². The number of hydrogen-bond donors (Lipinski definition) is 0. The number of carbonyl (C=O) groups is 1. The highest BCUT2D eigenvalue weighted by Crippen LogP contribution is 2.11. The van der Waals surface area contributed by atoms with E-state index in [2.05, 4.69) is 0 Å². The van der Waals surface area contributed by atoms with Gasteiger partial charge in [0.05, 0.1) is 0 Å². The summed E-state index contributed by atoms with van der Waals surface area (Å²) >= 11 is 0. The maximum Gasteiger partial charge on any atom is 0.331 e. The Hall–Kier alpha value is -1.64. The number of hydrogen-bond acceptors (Lipinski definition) is 2. The maximum absolute atomic E-state index is 13.1. The van der Waals surface area contributed by atoms with Crippen molar-refractivity contribution in [2.45, 2.75) is 33.3 Å². The van der Waals surface area contributed by atoms with E-state index < -0.39 is 11.6 Å². The lowest BCUT2D eigenvalue weighted by molar-refractivity contribution is -0.148. The highest BCUT2D eigenvalue weighted by atomic mass is 19.1. The molecule has 1 rings (SSSR count). The van der Waals surface area contributed by atoms with Crippen LogP contribution in [0.1, 0.15) is 31.9 Å². The predicted molar refractivity (Wildman–Crippen MR) is 66.0 cm³/mol. The normalized spacial score (nSPS) is 11.8. The molecule has 0 aliphatic heterocycles. The first-order valence-corrected chi connectivity index (χ1v) is 5.44. The van der Waals surface area contributed by atoms with Gasteiger partial charge >= 0.3 is 5.97 Å². The molecule has 0 fully saturated rings. The second-order valence-corrected chi connectivity index (χ2v) is 4.93. The fourth-order valence-corrected chi connectivity index (χ4v) is 1.36. The zero-order valence-corrected chi connectivity index (χ0v) is 10.6. The SMILES string of the molecule is Cc1cc(F)cc(/C=C/C(=O)OC(C)(C)C)c1. The van der Waals surface area contributed by atoms with Crippen molar-refractivity contribution >= 4 is 12.0 Å². The lowest BCUT2D eigenvalue weighted by atomic mass is 10.1. The molecule has 17 heavy (non-hydrogen) atoms. The van der Waals surface area contributed by atoms with Gasteiger partial charge in [0.15, 0.2) is 0 Å². The summed E-state index contributed by atoms with van der Waals surface area (Å²) < 4.78 is 18.2. The fraction of sp³-hybridized carbons (Fsp3) is 0.357. The van der Waals surface area contributed by atoms with E-state index >= 15 is 0 Å². The van der Waals surface area contributed by atoms with Gasteiger partial charge in [-0.1, -0.05) is 6.07 Å². The number of rotatable bonds is 2. The van der Waals surface area contributed by atoms with Gasteiger partial charge in [0, 0.05) is 6.08 Å². The molecule has 2 nitrogen and oxygen atoms in total. The van der Waals surface area contributed by atoms with Crippen molar-refractivity contribution in [1.29, 1.82) is 0 Å². The minimum atomic E-state index is -0.515. The first-order valence-electron chi connectivity index (χ1n) is 5.44. The topological polar surface area (TPSA) is 26.3 Å². The lowest BCUT2D eigenvalue weighted by Crippen LogP contribution is -2.22. The molecule has 0 aliphatic rings. The molecule has 0 aromatic heterocycles. The standard InChI is InChI=1S/C14H17FO2/c1-10-7-11(9-12(15)8-10)5-6-13(16)17-14(2,3)4/h5-9H,1-4H3/b6-5+. The minimum absolute atomic E-state index is 0.311. The number of benzene rings is 1. The molecule has 0 saturated carbocycles. The van der Waals surface area contributed by atoms with Crippen molar-refractivity contribution in [1.82, 2.24) is 0 Å². The van der Waals surface area contributed by atoms with E-state index in [-0.39, 0.29) is 5.82 Å². The van der Waals surface area contributed by atoms with Crippen molar-refractivity contribution in [2.75, 3.05) is 0 Å². The molecule has 0 radical (unpaired) electrons. The van der Waals surface area contributed by atoms with Crippen molar-refractivity contribution < 1.29 is 13.9 Å². The summed E-state index contributed by atoms with van der Waals surface area (Å²) in [5, 5.41) is 0. The third kappa shape index (κ3) is 5.29. The highest BCUT2D eigenvalue weighted by Gasteiger charge is 2.13. The van der Waals surface area contributed by atoms with Crippen molar-refractivity contribution in [3.8, 4) is 0 Å². The van der Waals surface area contributed by atoms with E-state index in [0.717, 1.165) is 5.56 Å². The Bertz CT molecular complexity index is 422. The Kier molecular flexibility index (Phi) is 4.05. The molecule has 0 bridgehead atoms. The number of aryl methyl sites for hydroxylation is 1. The molecule has 1 aromatic rings. The molecule has 0 spiro atoms. The third-order valence-corrected chi connectivity index (χ3v) is 1.88. The number of carbonyl (C=O) groups excluding carboxylic acids is 1. The molecular weight excluding hydrogens is 219 g/mol. The fourth-order valence-electron chi connectivity index (χ4n) is 1.36. The molecule has 0 saturated heterocycles. The van der Waals surface area contributed by atoms with Crippen LogP contribution < -0.4 is 0 Å². The van der Waals surface area contributed by atoms with Crippen molar-refractivity contribution in [2.24, 2.45) is 0 Å². The molecular formula is C14H17FO2. The number of halogens is 1. The van der Waals surface area contributed by atoms with Gasteiger partial charge in [-0.2, -0.15) is 0 Å². The third-order valence-electron chi connectivity index (χ3n) is 1.88. The van der Waals surface area contributed by atoms with Gasteiger partial charge < -0.3 is 4.74 Å². The average molecular weight is 236 g/mol. The van der Waals surface area contributed by atoms with Crippen molar-refractivity contribution in [3.05, 3.63) is 41.2 Å². The first kappa shape index (κ1) is 13.4. The van der Waals surface area contributed by atoms with Crippen LogP contribution >= 0.6 is 0 Å². The minimum Gasteiger partial charge on any atom is -0.457 e. The van der Waals surface area contributed by atoms with Crippen LogP contribution in [0.4, 0.5) is 4.39 Å². The van der Waals surface area contributed by atoms with E-state index in [0.29, 0.717) is 5.56 Å². The van der Waals surface area contributed by atoms with E-state index in [1.165, 1.54) is 18.2 Å². The Morgan fingerprint density at radius 3 is 2.47 bits per heavy atom. The van der Waals surface area contributed by atoms with E-state index in [1.54, 1.807) is 39.8 Å². The zero-order chi connectivity index (χ0) is 13.1. The van der Waals surface area contributed by atoms with Crippen LogP contribution in [0.3, 0.4) is 0 Å². The summed E-state index contributed by atoms with van der Waals surface area (Å²) in [4.78, 5) is 11.4. The summed E-state index contributed by atoms with van der Waals surface area (Å²) in [6.45, 7) is 7.19. The largest absolute Gasteiger partial charge is 0.457 e. The van der Waals surface area contributed by atoms with Crippen LogP contribution in [-0.2, 0) is 9.53 Å². The molecule has 0 atom stereocenters. The van der Waals surface area contributed by atoms with Crippen LogP contribution in [0.15, 0.2) is 24.3 Å². The first-order chi connectivity index (χ1) is 7.76. The summed E-state index contributed by atoms with van der Waals surface area (Å²) in [7, 11) is 0. The van der Waals surface area contributed by atoms with Crippen molar-refractivity contribution in [3.63, 3.8) is 0 Å². The Morgan fingerprint density at radius 2 is 1.94 bits per heavy atom. The second-order valence-electron chi connectivity index (χ2n) is 4.93.